The average Bonchev–Trinajstić information content (AvgIpc) is 2.48. The van der Waals surface area contributed by atoms with Gasteiger partial charge in [-0.05, 0) is 31.4 Å². The molecule has 0 amide bonds. The standard InChI is InChI=1S/C18H29ClO/c1-2-3-4-5-6-8-12-17(19)13-11-16-20-18-14-9-7-10-15-18/h7,9-10,14-15,17H,2-6,8,11-13,16H2,1H3. The summed E-state index contributed by atoms with van der Waals surface area (Å²) in [6.45, 7) is 3.02. The molecule has 0 saturated carbocycles. The Bertz CT molecular complexity index is 312. The minimum absolute atomic E-state index is 0.320. The molecule has 0 N–H and O–H groups in total. The number of para-hydroxylation sites is 1. The zero-order valence-electron chi connectivity index (χ0n) is 12.8. The summed E-state index contributed by atoms with van der Waals surface area (Å²) < 4.78 is 5.67. The molecule has 0 spiro atoms. The third-order valence-electron chi connectivity index (χ3n) is 3.54. The molecule has 20 heavy (non-hydrogen) atoms. The summed E-state index contributed by atoms with van der Waals surface area (Å²) in [4.78, 5) is 0. The van der Waals surface area contributed by atoms with Crippen LogP contribution in [0.5, 0.6) is 5.75 Å². The molecule has 0 fully saturated rings. The van der Waals surface area contributed by atoms with E-state index in [4.69, 9.17) is 16.3 Å². The van der Waals surface area contributed by atoms with Crippen molar-refractivity contribution < 1.29 is 4.74 Å². The number of hydrogen-bond donors (Lipinski definition) is 0. The van der Waals surface area contributed by atoms with Gasteiger partial charge in [-0.3, -0.25) is 0 Å². The predicted molar refractivity (Wildman–Crippen MR) is 88.8 cm³/mol. The van der Waals surface area contributed by atoms with Crippen molar-refractivity contribution in [3.8, 4) is 5.75 Å². The van der Waals surface area contributed by atoms with E-state index >= 15 is 0 Å². The number of hydrogen-bond acceptors (Lipinski definition) is 1. The molecule has 2 heteroatoms. The van der Waals surface area contributed by atoms with Crippen LogP contribution in [0.25, 0.3) is 0 Å². The lowest BCUT2D eigenvalue weighted by Gasteiger charge is -2.10. The van der Waals surface area contributed by atoms with Gasteiger partial charge in [-0.15, -0.1) is 11.6 Å². The van der Waals surface area contributed by atoms with Crippen molar-refractivity contribution in [1.82, 2.24) is 0 Å². The first-order valence-electron chi connectivity index (χ1n) is 8.15. The fourth-order valence-corrected chi connectivity index (χ4v) is 2.61. The Morgan fingerprint density at radius 1 is 0.900 bits per heavy atom. The van der Waals surface area contributed by atoms with E-state index in [1.807, 2.05) is 30.3 Å². The van der Waals surface area contributed by atoms with Crippen LogP contribution in [0, 0.1) is 0 Å². The van der Waals surface area contributed by atoms with E-state index in [2.05, 4.69) is 6.92 Å². The van der Waals surface area contributed by atoms with Crippen LogP contribution < -0.4 is 4.74 Å². The maximum absolute atomic E-state index is 6.35. The normalized spacial score (nSPS) is 12.3. The highest BCUT2D eigenvalue weighted by Gasteiger charge is 2.04. The van der Waals surface area contributed by atoms with Gasteiger partial charge in [0.2, 0.25) is 0 Å². The van der Waals surface area contributed by atoms with Crippen LogP contribution in [0.15, 0.2) is 30.3 Å². The van der Waals surface area contributed by atoms with Gasteiger partial charge in [-0.2, -0.15) is 0 Å². The van der Waals surface area contributed by atoms with Gasteiger partial charge in [0.25, 0.3) is 0 Å². The Hall–Kier alpha value is -0.690. The van der Waals surface area contributed by atoms with E-state index in [9.17, 15) is 0 Å². The van der Waals surface area contributed by atoms with Crippen LogP contribution >= 0.6 is 11.6 Å². The summed E-state index contributed by atoms with van der Waals surface area (Å²) in [5, 5.41) is 0.320. The van der Waals surface area contributed by atoms with Gasteiger partial charge in [-0.1, -0.05) is 63.6 Å². The molecule has 0 aliphatic heterocycles. The highest BCUT2D eigenvalue weighted by molar-refractivity contribution is 6.20. The summed E-state index contributed by atoms with van der Waals surface area (Å²) in [5.41, 5.74) is 0. The summed E-state index contributed by atoms with van der Waals surface area (Å²) in [6, 6.07) is 9.99. The number of unbranched alkanes of at least 4 members (excludes halogenated alkanes) is 5. The maximum atomic E-state index is 6.35. The van der Waals surface area contributed by atoms with Crippen LogP contribution in [0.2, 0.25) is 0 Å². The Balaban J connectivity index is 1.91. The molecule has 1 rings (SSSR count). The molecule has 1 aromatic carbocycles. The Labute approximate surface area is 129 Å². The zero-order chi connectivity index (χ0) is 14.5. The van der Waals surface area contributed by atoms with Gasteiger partial charge < -0.3 is 4.74 Å². The van der Waals surface area contributed by atoms with E-state index < -0.39 is 0 Å². The number of halogens is 1. The minimum atomic E-state index is 0.320. The van der Waals surface area contributed by atoms with Crippen molar-refractivity contribution >= 4 is 11.6 Å². The van der Waals surface area contributed by atoms with Gasteiger partial charge in [0.15, 0.2) is 0 Å². The predicted octanol–water partition coefficient (Wildman–Crippen LogP) is 6.20. The minimum Gasteiger partial charge on any atom is -0.494 e. The first-order valence-corrected chi connectivity index (χ1v) is 8.58. The number of ether oxygens (including phenoxy) is 1. The number of benzene rings is 1. The smallest absolute Gasteiger partial charge is 0.119 e. The second-order valence-electron chi connectivity index (χ2n) is 5.46. The quantitative estimate of drug-likeness (QED) is 0.329. The van der Waals surface area contributed by atoms with E-state index in [0.29, 0.717) is 5.38 Å². The van der Waals surface area contributed by atoms with Gasteiger partial charge >= 0.3 is 0 Å². The van der Waals surface area contributed by atoms with E-state index in [0.717, 1.165) is 31.6 Å². The van der Waals surface area contributed by atoms with Crippen molar-refractivity contribution in [1.29, 1.82) is 0 Å². The lowest BCUT2D eigenvalue weighted by atomic mass is 10.1. The second-order valence-corrected chi connectivity index (χ2v) is 6.07. The molecular formula is C18H29ClO. The molecule has 0 radical (unpaired) electrons. The maximum Gasteiger partial charge on any atom is 0.119 e. The van der Waals surface area contributed by atoms with E-state index in [-0.39, 0.29) is 0 Å². The highest BCUT2D eigenvalue weighted by atomic mass is 35.5. The van der Waals surface area contributed by atoms with Crippen LogP contribution in [0.3, 0.4) is 0 Å². The van der Waals surface area contributed by atoms with Gasteiger partial charge in [0.05, 0.1) is 6.61 Å². The number of alkyl halides is 1. The lowest BCUT2D eigenvalue weighted by molar-refractivity contribution is 0.305. The first kappa shape index (κ1) is 17.4. The van der Waals surface area contributed by atoms with Crippen LogP contribution in [-0.4, -0.2) is 12.0 Å². The summed E-state index contributed by atoms with van der Waals surface area (Å²) in [5.74, 6) is 0.953. The Morgan fingerprint density at radius 3 is 2.30 bits per heavy atom. The zero-order valence-corrected chi connectivity index (χ0v) is 13.6. The largest absolute Gasteiger partial charge is 0.494 e. The molecule has 114 valence electrons. The third kappa shape index (κ3) is 9.25. The van der Waals surface area contributed by atoms with Gasteiger partial charge in [-0.25, -0.2) is 0 Å². The van der Waals surface area contributed by atoms with Crippen LogP contribution in [0.4, 0.5) is 0 Å². The third-order valence-corrected chi connectivity index (χ3v) is 3.98. The molecule has 1 nitrogen and oxygen atoms in total. The monoisotopic (exact) mass is 296 g/mol. The molecule has 0 aliphatic rings. The van der Waals surface area contributed by atoms with E-state index in [1.54, 1.807) is 0 Å². The number of rotatable bonds is 12. The summed E-state index contributed by atoms with van der Waals surface area (Å²) >= 11 is 6.35. The molecule has 0 aliphatic carbocycles. The van der Waals surface area contributed by atoms with Crippen molar-refractivity contribution in [2.24, 2.45) is 0 Å². The van der Waals surface area contributed by atoms with Crippen molar-refractivity contribution in [2.45, 2.75) is 70.1 Å². The summed E-state index contributed by atoms with van der Waals surface area (Å²) in [6.07, 6.45) is 11.3. The van der Waals surface area contributed by atoms with Crippen molar-refractivity contribution in [3.63, 3.8) is 0 Å². The lowest BCUT2D eigenvalue weighted by Crippen LogP contribution is -2.03. The first-order chi connectivity index (χ1) is 9.83. The molecule has 0 heterocycles. The molecular weight excluding hydrogens is 268 g/mol. The van der Waals surface area contributed by atoms with Gasteiger partial charge in [0, 0.05) is 5.38 Å². The molecule has 1 unspecified atom stereocenters. The van der Waals surface area contributed by atoms with Gasteiger partial charge in [0.1, 0.15) is 5.75 Å². The molecule has 0 aromatic heterocycles. The molecule has 1 aromatic rings. The second kappa shape index (κ2) is 12.1. The molecule has 1 atom stereocenters. The average molecular weight is 297 g/mol. The van der Waals surface area contributed by atoms with Crippen LogP contribution in [-0.2, 0) is 0 Å². The SMILES string of the molecule is CCCCCCCCC(Cl)CCCOc1ccccc1. The van der Waals surface area contributed by atoms with Crippen molar-refractivity contribution in [2.75, 3.05) is 6.61 Å². The van der Waals surface area contributed by atoms with Crippen LogP contribution in [0.1, 0.15) is 64.7 Å². The highest BCUT2D eigenvalue weighted by Crippen LogP contribution is 2.16. The Kier molecular flexibility index (Phi) is 10.5. The van der Waals surface area contributed by atoms with Crippen molar-refractivity contribution in [3.05, 3.63) is 30.3 Å². The molecule has 0 bridgehead atoms. The fourth-order valence-electron chi connectivity index (χ4n) is 2.30. The summed E-state index contributed by atoms with van der Waals surface area (Å²) in [7, 11) is 0. The fraction of sp³-hybridized carbons (Fsp3) is 0.667. The topological polar surface area (TPSA) is 9.23 Å². The molecule has 0 saturated heterocycles. The Morgan fingerprint density at radius 2 is 1.55 bits per heavy atom. The van der Waals surface area contributed by atoms with E-state index in [1.165, 1.54) is 38.5 Å².